The first-order chi connectivity index (χ1) is 7.81. The minimum absolute atomic E-state index is 0.0733. The molecule has 0 aliphatic heterocycles. The molecule has 1 aromatic rings. The summed E-state index contributed by atoms with van der Waals surface area (Å²) in [7, 11) is 0. The zero-order chi connectivity index (χ0) is 11.8. The van der Waals surface area contributed by atoms with Gasteiger partial charge in [-0.15, -0.1) is 6.42 Å². The van der Waals surface area contributed by atoms with E-state index in [0.717, 1.165) is 11.1 Å². The smallest absolute Gasteiger partial charge is 0.211 e. The normalized spacial score (nSPS) is 9.50. The van der Waals surface area contributed by atoms with Gasteiger partial charge in [-0.1, -0.05) is 12.0 Å². The second-order valence-corrected chi connectivity index (χ2v) is 3.10. The molecule has 0 aromatic heterocycles. The van der Waals surface area contributed by atoms with Crippen LogP contribution in [0.4, 0.5) is 5.69 Å². The monoisotopic (exact) mass is 219 g/mol. The Hall–Kier alpha value is -1.83. The number of amides is 1. The zero-order valence-corrected chi connectivity index (χ0v) is 8.77. The quantitative estimate of drug-likeness (QED) is 0.424. The first-order valence-corrected chi connectivity index (χ1v) is 4.76. The summed E-state index contributed by atoms with van der Waals surface area (Å²) in [4.78, 5) is 10.3. The highest BCUT2D eigenvalue weighted by molar-refractivity contribution is 5.71. The molecule has 4 nitrogen and oxygen atoms in total. The number of benzene rings is 1. The molecule has 0 heterocycles. The lowest BCUT2D eigenvalue weighted by Gasteiger charge is -2.09. The van der Waals surface area contributed by atoms with Crippen molar-refractivity contribution in [1.29, 1.82) is 0 Å². The summed E-state index contributed by atoms with van der Waals surface area (Å²) in [6.07, 6.45) is 5.66. The number of carbonyl (C=O) groups excluding carboxylic acids is 1. The predicted octanol–water partition coefficient (Wildman–Crippen LogP) is 0.897. The highest BCUT2D eigenvalue weighted by Crippen LogP contribution is 2.16. The SMILES string of the molecule is C#CCOCc1cc(NC=O)ccc1CO. The Morgan fingerprint density at radius 1 is 1.50 bits per heavy atom. The molecule has 0 atom stereocenters. The third kappa shape index (κ3) is 3.39. The molecule has 1 rings (SSSR count). The molecule has 0 radical (unpaired) electrons. The Morgan fingerprint density at radius 3 is 2.94 bits per heavy atom. The van der Waals surface area contributed by atoms with Crippen molar-refractivity contribution in [3.63, 3.8) is 0 Å². The van der Waals surface area contributed by atoms with E-state index >= 15 is 0 Å². The second kappa shape index (κ2) is 6.62. The van der Waals surface area contributed by atoms with Crippen molar-refractivity contribution >= 4 is 12.1 Å². The predicted molar refractivity (Wildman–Crippen MR) is 60.5 cm³/mol. The number of nitrogens with one attached hydrogen (secondary N) is 1. The van der Waals surface area contributed by atoms with E-state index in [4.69, 9.17) is 16.3 Å². The van der Waals surface area contributed by atoms with E-state index in [1.165, 1.54) is 0 Å². The largest absolute Gasteiger partial charge is 0.392 e. The third-order valence-corrected chi connectivity index (χ3v) is 2.05. The van der Waals surface area contributed by atoms with Gasteiger partial charge in [-0.2, -0.15) is 0 Å². The van der Waals surface area contributed by atoms with E-state index in [1.807, 2.05) is 0 Å². The highest BCUT2D eigenvalue weighted by Gasteiger charge is 2.03. The standard InChI is InChI=1S/C12H13NO3/c1-2-5-16-8-11-6-12(13-9-15)4-3-10(11)7-14/h1,3-4,6,9,14H,5,7-8H2,(H,13,15). The number of ether oxygens (including phenoxy) is 1. The summed E-state index contributed by atoms with van der Waals surface area (Å²) in [5.41, 5.74) is 2.23. The van der Waals surface area contributed by atoms with Crippen LogP contribution in [0.1, 0.15) is 11.1 Å². The van der Waals surface area contributed by atoms with Crippen molar-refractivity contribution < 1.29 is 14.6 Å². The number of aliphatic hydroxyl groups excluding tert-OH is 1. The molecule has 0 spiro atoms. The molecule has 4 heteroatoms. The molecule has 0 fully saturated rings. The summed E-state index contributed by atoms with van der Waals surface area (Å²) in [6.45, 7) is 0.459. The molecule has 0 bridgehead atoms. The lowest BCUT2D eigenvalue weighted by atomic mass is 10.1. The number of anilines is 1. The van der Waals surface area contributed by atoms with E-state index in [0.29, 0.717) is 18.7 Å². The summed E-state index contributed by atoms with van der Waals surface area (Å²) in [5.74, 6) is 2.36. The lowest BCUT2D eigenvalue weighted by Crippen LogP contribution is -2.01. The Balaban J connectivity index is 2.80. The molecule has 1 amide bonds. The Morgan fingerprint density at radius 2 is 2.31 bits per heavy atom. The third-order valence-electron chi connectivity index (χ3n) is 2.05. The van der Waals surface area contributed by atoms with Crippen molar-refractivity contribution in [2.24, 2.45) is 0 Å². The Labute approximate surface area is 94.2 Å². The summed E-state index contributed by atoms with van der Waals surface area (Å²) in [5, 5.41) is 11.6. The van der Waals surface area contributed by atoms with E-state index in [-0.39, 0.29) is 13.2 Å². The fraction of sp³-hybridized carbons (Fsp3) is 0.250. The molecular weight excluding hydrogens is 206 g/mol. The minimum Gasteiger partial charge on any atom is -0.392 e. The van der Waals surface area contributed by atoms with Crippen LogP contribution in [0.25, 0.3) is 0 Å². The molecule has 0 saturated heterocycles. The van der Waals surface area contributed by atoms with Crippen molar-refractivity contribution in [3.8, 4) is 12.3 Å². The van der Waals surface area contributed by atoms with Crippen LogP contribution in [0.15, 0.2) is 18.2 Å². The van der Waals surface area contributed by atoms with Gasteiger partial charge < -0.3 is 15.2 Å². The van der Waals surface area contributed by atoms with Gasteiger partial charge in [-0.25, -0.2) is 0 Å². The van der Waals surface area contributed by atoms with Gasteiger partial charge in [0, 0.05) is 5.69 Å². The lowest BCUT2D eigenvalue weighted by molar-refractivity contribution is -0.105. The topological polar surface area (TPSA) is 58.6 Å². The van der Waals surface area contributed by atoms with Gasteiger partial charge in [0.25, 0.3) is 0 Å². The maximum Gasteiger partial charge on any atom is 0.211 e. The van der Waals surface area contributed by atoms with Crippen molar-refractivity contribution in [3.05, 3.63) is 29.3 Å². The van der Waals surface area contributed by atoms with Gasteiger partial charge in [0.2, 0.25) is 6.41 Å². The van der Waals surface area contributed by atoms with Gasteiger partial charge in [0.1, 0.15) is 6.61 Å². The van der Waals surface area contributed by atoms with Crippen LogP contribution in [0.2, 0.25) is 0 Å². The fourth-order valence-corrected chi connectivity index (χ4v) is 1.29. The van der Waals surface area contributed by atoms with Crippen LogP contribution in [-0.4, -0.2) is 18.1 Å². The van der Waals surface area contributed by atoms with Crippen LogP contribution in [0, 0.1) is 12.3 Å². The van der Waals surface area contributed by atoms with Crippen molar-refractivity contribution in [2.45, 2.75) is 13.2 Å². The molecule has 2 N–H and O–H groups in total. The van der Waals surface area contributed by atoms with Gasteiger partial charge in [-0.05, 0) is 23.3 Å². The van der Waals surface area contributed by atoms with Crippen molar-refractivity contribution in [1.82, 2.24) is 0 Å². The summed E-state index contributed by atoms with van der Waals surface area (Å²) < 4.78 is 5.18. The number of aliphatic hydroxyl groups is 1. The molecule has 16 heavy (non-hydrogen) atoms. The molecular formula is C12H13NO3. The summed E-state index contributed by atoms with van der Waals surface area (Å²) in [6, 6.07) is 5.20. The average Bonchev–Trinajstić information content (AvgIpc) is 2.30. The van der Waals surface area contributed by atoms with E-state index in [9.17, 15) is 4.79 Å². The zero-order valence-electron chi connectivity index (χ0n) is 8.77. The van der Waals surface area contributed by atoms with Crippen LogP contribution < -0.4 is 5.32 Å². The van der Waals surface area contributed by atoms with Crippen LogP contribution in [0.3, 0.4) is 0 Å². The van der Waals surface area contributed by atoms with Gasteiger partial charge in [0.05, 0.1) is 13.2 Å². The van der Waals surface area contributed by atoms with Crippen LogP contribution in [0.5, 0.6) is 0 Å². The van der Waals surface area contributed by atoms with Gasteiger partial charge in [-0.3, -0.25) is 4.79 Å². The number of rotatable bonds is 6. The maximum absolute atomic E-state index is 10.3. The molecule has 84 valence electrons. The van der Waals surface area contributed by atoms with Crippen molar-refractivity contribution in [2.75, 3.05) is 11.9 Å². The molecule has 1 aromatic carbocycles. The van der Waals surface area contributed by atoms with Crippen LogP contribution >= 0.6 is 0 Å². The Kier molecular flexibility index (Phi) is 5.06. The first kappa shape index (κ1) is 12.2. The number of hydrogen-bond donors (Lipinski definition) is 2. The van der Waals surface area contributed by atoms with E-state index in [2.05, 4.69) is 11.2 Å². The molecule has 0 aliphatic carbocycles. The second-order valence-electron chi connectivity index (χ2n) is 3.10. The minimum atomic E-state index is -0.0733. The molecule has 0 unspecified atom stereocenters. The van der Waals surface area contributed by atoms with Gasteiger partial charge >= 0.3 is 0 Å². The number of carbonyl (C=O) groups is 1. The maximum atomic E-state index is 10.3. The number of hydrogen-bond acceptors (Lipinski definition) is 3. The van der Waals surface area contributed by atoms with Crippen LogP contribution in [-0.2, 0) is 22.7 Å². The van der Waals surface area contributed by atoms with E-state index < -0.39 is 0 Å². The highest BCUT2D eigenvalue weighted by atomic mass is 16.5. The first-order valence-electron chi connectivity index (χ1n) is 4.76. The molecule has 0 aliphatic rings. The van der Waals surface area contributed by atoms with Gasteiger partial charge in [0.15, 0.2) is 0 Å². The Bertz CT molecular complexity index is 396. The fourth-order valence-electron chi connectivity index (χ4n) is 1.29. The number of terminal acetylenes is 1. The summed E-state index contributed by atoms with van der Waals surface area (Å²) >= 11 is 0. The average molecular weight is 219 g/mol. The van der Waals surface area contributed by atoms with E-state index in [1.54, 1.807) is 18.2 Å². The molecule has 0 saturated carbocycles.